The quantitative estimate of drug-likeness (QED) is 0.711. The summed E-state index contributed by atoms with van der Waals surface area (Å²) in [6.45, 7) is 2.39. The van der Waals surface area contributed by atoms with Crippen LogP contribution < -0.4 is 10.2 Å². The van der Waals surface area contributed by atoms with Crippen LogP contribution in [0, 0.1) is 5.92 Å². The van der Waals surface area contributed by atoms with Crippen LogP contribution in [0.3, 0.4) is 0 Å². The molecule has 168 valence electrons. The molecule has 0 radical (unpaired) electrons. The van der Waals surface area contributed by atoms with Gasteiger partial charge in [-0.3, -0.25) is 4.98 Å². The van der Waals surface area contributed by atoms with E-state index in [0.717, 1.165) is 11.0 Å². The highest BCUT2D eigenvalue weighted by atomic mass is 19.4. The van der Waals surface area contributed by atoms with Gasteiger partial charge in [-0.2, -0.15) is 13.2 Å². The van der Waals surface area contributed by atoms with E-state index in [1.54, 1.807) is 12.1 Å². The van der Waals surface area contributed by atoms with Crippen LogP contribution in [0.1, 0.15) is 18.9 Å². The van der Waals surface area contributed by atoms with Crippen LogP contribution in [0.2, 0.25) is 0 Å². The molecule has 1 aromatic carbocycles. The molecule has 1 N–H and O–H groups in total. The maximum absolute atomic E-state index is 13.4. The van der Waals surface area contributed by atoms with Crippen molar-refractivity contribution in [1.29, 1.82) is 0 Å². The van der Waals surface area contributed by atoms with Crippen LogP contribution in [0.4, 0.5) is 32.4 Å². The molecule has 2 aromatic rings. The second-order valence-electron chi connectivity index (χ2n) is 8.36. The van der Waals surface area contributed by atoms with Crippen LogP contribution in [-0.2, 0) is 6.18 Å². The summed E-state index contributed by atoms with van der Waals surface area (Å²) < 4.78 is 67.1. The third-order valence-corrected chi connectivity index (χ3v) is 5.85. The normalized spacial score (nSPS) is 27.0. The molecule has 2 aliphatic rings. The molecule has 0 aliphatic carbocycles. The van der Waals surface area contributed by atoms with Crippen molar-refractivity contribution in [1.82, 2.24) is 15.2 Å². The van der Waals surface area contributed by atoms with Gasteiger partial charge >= 0.3 is 12.2 Å². The zero-order valence-corrected chi connectivity index (χ0v) is 16.9. The van der Waals surface area contributed by atoms with Crippen molar-refractivity contribution in [3.05, 3.63) is 36.0 Å². The van der Waals surface area contributed by atoms with E-state index in [-0.39, 0.29) is 30.6 Å². The Morgan fingerprint density at radius 2 is 1.81 bits per heavy atom. The van der Waals surface area contributed by atoms with Gasteiger partial charge in [0.1, 0.15) is 0 Å². The number of carbonyl (C=O) groups is 1. The largest absolute Gasteiger partial charge is 0.418 e. The standard InChI is InChI=1S/C21H23F5N4O/c1-12-7-13(28-20(31)30-10-16(22)17(23)11-30)9-29(8-12)18-5-4-15(21(24,25)26)19-14(18)3-2-6-27-19/h2-6,12-13,16-17H,7-11H2,1H3,(H,28,31)/t12-,13+,16-,17?/m0/s1. The zero-order valence-electron chi connectivity index (χ0n) is 16.9. The first-order valence-corrected chi connectivity index (χ1v) is 10.2. The molecule has 0 bridgehead atoms. The lowest BCUT2D eigenvalue weighted by atomic mass is 9.94. The van der Waals surface area contributed by atoms with E-state index in [4.69, 9.17) is 0 Å². The molecule has 2 saturated heterocycles. The molecule has 3 heterocycles. The smallest absolute Gasteiger partial charge is 0.369 e. The Balaban J connectivity index is 1.56. The minimum atomic E-state index is -4.52. The average Bonchev–Trinajstić information content (AvgIpc) is 3.04. The third kappa shape index (κ3) is 4.38. The number of piperidine rings is 1. The summed E-state index contributed by atoms with van der Waals surface area (Å²) >= 11 is 0. The van der Waals surface area contributed by atoms with Gasteiger partial charge in [0, 0.05) is 36.4 Å². The number of carbonyl (C=O) groups excluding carboxylic acids is 1. The van der Waals surface area contributed by atoms with Gasteiger partial charge in [0.2, 0.25) is 0 Å². The molecule has 1 unspecified atom stereocenters. The summed E-state index contributed by atoms with van der Waals surface area (Å²) in [5.74, 6) is 0.148. The lowest BCUT2D eigenvalue weighted by Gasteiger charge is -2.39. The minimum absolute atomic E-state index is 0.119. The lowest BCUT2D eigenvalue weighted by molar-refractivity contribution is -0.136. The van der Waals surface area contributed by atoms with E-state index in [1.807, 2.05) is 11.8 Å². The Labute approximate surface area is 176 Å². The number of hydrogen-bond acceptors (Lipinski definition) is 3. The number of halogens is 5. The number of amides is 2. The van der Waals surface area contributed by atoms with E-state index in [0.29, 0.717) is 30.6 Å². The Kier molecular flexibility index (Phi) is 5.65. The highest BCUT2D eigenvalue weighted by Crippen LogP contribution is 2.38. The van der Waals surface area contributed by atoms with Gasteiger partial charge in [0.05, 0.1) is 24.2 Å². The fraction of sp³-hybridized carbons (Fsp3) is 0.524. The van der Waals surface area contributed by atoms with Crippen molar-refractivity contribution in [3.63, 3.8) is 0 Å². The molecule has 0 spiro atoms. The van der Waals surface area contributed by atoms with E-state index in [9.17, 15) is 26.7 Å². The van der Waals surface area contributed by atoms with Gasteiger partial charge in [0.25, 0.3) is 0 Å². The Hall–Kier alpha value is -2.65. The van der Waals surface area contributed by atoms with E-state index in [1.165, 1.54) is 12.3 Å². The van der Waals surface area contributed by atoms with Crippen molar-refractivity contribution >= 4 is 22.6 Å². The maximum atomic E-state index is 13.4. The van der Waals surface area contributed by atoms with Crippen molar-refractivity contribution in [2.45, 2.75) is 37.9 Å². The predicted octanol–water partition coefficient (Wildman–Crippen LogP) is 4.17. The summed E-state index contributed by atoms with van der Waals surface area (Å²) in [6.07, 6.45) is -5.90. The number of pyridine rings is 1. The summed E-state index contributed by atoms with van der Waals surface area (Å²) in [6, 6.07) is 4.83. The Morgan fingerprint density at radius 3 is 2.48 bits per heavy atom. The number of nitrogens with one attached hydrogen (secondary N) is 1. The monoisotopic (exact) mass is 442 g/mol. The number of urea groups is 1. The molecular weight excluding hydrogens is 419 g/mol. The van der Waals surface area contributed by atoms with E-state index in [2.05, 4.69) is 10.3 Å². The molecule has 10 heteroatoms. The van der Waals surface area contributed by atoms with Gasteiger partial charge in [-0.15, -0.1) is 0 Å². The number of fused-ring (bicyclic) bond motifs is 1. The molecule has 2 aliphatic heterocycles. The molecule has 31 heavy (non-hydrogen) atoms. The number of alkyl halides is 5. The lowest BCUT2D eigenvalue weighted by Crippen LogP contribution is -2.53. The molecule has 5 nitrogen and oxygen atoms in total. The molecule has 2 amide bonds. The van der Waals surface area contributed by atoms with Gasteiger partial charge in [-0.1, -0.05) is 6.92 Å². The first-order chi connectivity index (χ1) is 14.6. The molecular formula is C21H23F5N4O. The fourth-order valence-electron chi connectivity index (χ4n) is 4.47. The molecule has 1 aromatic heterocycles. The van der Waals surface area contributed by atoms with Crippen molar-refractivity contribution in [3.8, 4) is 0 Å². The van der Waals surface area contributed by atoms with Crippen molar-refractivity contribution < 1.29 is 26.7 Å². The molecule has 4 rings (SSSR count). The van der Waals surface area contributed by atoms with Crippen LogP contribution in [0.25, 0.3) is 10.9 Å². The predicted molar refractivity (Wildman–Crippen MR) is 106 cm³/mol. The van der Waals surface area contributed by atoms with E-state index < -0.39 is 30.1 Å². The molecule has 4 atom stereocenters. The number of anilines is 1. The van der Waals surface area contributed by atoms with Crippen LogP contribution in [0.5, 0.6) is 0 Å². The topological polar surface area (TPSA) is 48.5 Å². The first kappa shape index (κ1) is 21.6. The van der Waals surface area contributed by atoms with Crippen LogP contribution in [-0.4, -0.2) is 60.5 Å². The van der Waals surface area contributed by atoms with Crippen molar-refractivity contribution in [2.75, 3.05) is 31.1 Å². The van der Waals surface area contributed by atoms with Crippen LogP contribution >= 0.6 is 0 Å². The maximum Gasteiger partial charge on any atom is 0.418 e. The number of aromatic nitrogens is 1. The first-order valence-electron chi connectivity index (χ1n) is 10.2. The highest BCUT2D eigenvalue weighted by Gasteiger charge is 2.37. The second kappa shape index (κ2) is 8.12. The zero-order chi connectivity index (χ0) is 22.3. The van der Waals surface area contributed by atoms with E-state index >= 15 is 0 Å². The number of rotatable bonds is 2. The second-order valence-corrected chi connectivity index (χ2v) is 8.36. The van der Waals surface area contributed by atoms with Gasteiger partial charge in [-0.25, -0.2) is 13.6 Å². The number of likely N-dealkylation sites (tertiary alicyclic amines) is 1. The average molecular weight is 442 g/mol. The molecule has 2 fully saturated rings. The summed E-state index contributed by atoms with van der Waals surface area (Å²) in [5.41, 5.74) is -0.306. The SMILES string of the molecule is C[C@H]1C[C@@H](NC(=O)N2CC(F)[C@@H](F)C2)CN(c2ccc(C(F)(F)F)c3ncccc23)C1. The highest BCUT2D eigenvalue weighted by molar-refractivity contribution is 5.94. The number of hydrogen-bond donors (Lipinski definition) is 1. The number of benzene rings is 1. The van der Waals surface area contributed by atoms with Crippen molar-refractivity contribution in [2.24, 2.45) is 5.92 Å². The third-order valence-electron chi connectivity index (χ3n) is 5.85. The summed E-state index contributed by atoms with van der Waals surface area (Å²) in [7, 11) is 0. The Bertz CT molecular complexity index is 958. The Morgan fingerprint density at radius 1 is 1.10 bits per heavy atom. The molecule has 0 saturated carbocycles. The van der Waals surface area contributed by atoms with Gasteiger partial charge in [-0.05, 0) is 36.6 Å². The fourth-order valence-corrected chi connectivity index (χ4v) is 4.47. The summed E-state index contributed by atoms with van der Waals surface area (Å²) in [4.78, 5) is 19.5. The number of nitrogens with zero attached hydrogens (tertiary/aromatic N) is 3. The minimum Gasteiger partial charge on any atom is -0.369 e. The summed E-state index contributed by atoms with van der Waals surface area (Å²) in [5, 5.41) is 3.22. The van der Waals surface area contributed by atoms with Gasteiger partial charge in [0.15, 0.2) is 12.3 Å². The van der Waals surface area contributed by atoms with Gasteiger partial charge < -0.3 is 15.1 Å². The van der Waals surface area contributed by atoms with Crippen LogP contribution in [0.15, 0.2) is 30.5 Å².